The number of aromatic amines is 1. The van der Waals surface area contributed by atoms with Crippen molar-refractivity contribution in [1.82, 2.24) is 20.2 Å². The molecule has 7 nitrogen and oxygen atoms in total. The Morgan fingerprint density at radius 2 is 1.78 bits per heavy atom. The zero-order valence-corrected chi connectivity index (χ0v) is 14.0. The maximum Gasteiger partial charge on any atom is 0.229 e. The molecule has 0 bridgehead atoms. The Hall–Kier alpha value is -3.94. The number of aromatic nitrogens is 4. The lowest BCUT2D eigenvalue weighted by Gasteiger charge is -2.10. The maximum atomic E-state index is 14.2. The van der Waals surface area contributed by atoms with Crippen LogP contribution in [0.25, 0.3) is 11.3 Å². The molecule has 0 spiro atoms. The molecule has 4 aromatic rings. The monoisotopic (exact) mass is 362 g/mol. The highest BCUT2D eigenvalue weighted by Gasteiger charge is 2.09. The van der Waals surface area contributed by atoms with E-state index in [0.717, 1.165) is 17.5 Å². The zero-order chi connectivity index (χ0) is 18.6. The van der Waals surface area contributed by atoms with Gasteiger partial charge >= 0.3 is 0 Å². The van der Waals surface area contributed by atoms with Gasteiger partial charge < -0.3 is 15.7 Å². The molecule has 0 atom stereocenters. The SMILES string of the molecule is Oc1cccc(Nc2ncc(F)c(Nc3cccc(-c4ccn[nH]4)c3)n2)c1. The van der Waals surface area contributed by atoms with E-state index in [2.05, 4.69) is 30.8 Å². The summed E-state index contributed by atoms with van der Waals surface area (Å²) < 4.78 is 14.2. The molecule has 0 saturated heterocycles. The van der Waals surface area contributed by atoms with E-state index in [4.69, 9.17) is 0 Å². The van der Waals surface area contributed by atoms with Crippen molar-refractivity contribution in [2.45, 2.75) is 0 Å². The van der Waals surface area contributed by atoms with Crippen LogP contribution in [0.5, 0.6) is 5.75 Å². The minimum absolute atomic E-state index is 0.0365. The van der Waals surface area contributed by atoms with Crippen LogP contribution in [0.3, 0.4) is 0 Å². The number of phenolic OH excluding ortho intramolecular Hbond substituents is 1. The zero-order valence-electron chi connectivity index (χ0n) is 14.0. The molecule has 27 heavy (non-hydrogen) atoms. The number of hydrogen-bond acceptors (Lipinski definition) is 6. The van der Waals surface area contributed by atoms with Crippen LogP contribution >= 0.6 is 0 Å². The lowest BCUT2D eigenvalue weighted by atomic mass is 10.1. The molecule has 2 aromatic carbocycles. The highest BCUT2D eigenvalue weighted by molar-refractivity contribution is 5.68. The van der Waals surface area contributed by atoms with E-state index in [-0.39, 0.29) is 17.5 Å². The number of phenols is 1. The average Bonchev–Trinajstić information content (AvgIpc) is 3.20. The summed E-state index contributed by atoms with van der Waals surface area (Å²) in [6, 6.07) is 15.8. The Bertz CT molecular complexity index is 1070. The number of rotatable bonds is 5. The van der Waals surface area contributed by atoms with E-state index in [1.165, 1.54) is 6.07 Å². The molecule has 4 rings (SSSR count). The molecular weight excluding hydrogens is 347 g/mol. The molecule has 4 N–H and O–H groups in total. The second-order valence-electron chi connectivity index (χ2n) is 5.74. The summed E-state index contributed by atoms with van der Waals surface area (Å²) in [6.07, 6.45) is 2.75. The Morgan fingerprint density at radius 1 is 0.963 bits per heavy atom. The molecule has 0 aliphatic rings. The Morgan fingerprint density at radius 3 is 2.56 bits per heavy atom. The van der Waals surface area contributed by atoms with Crippen molar-refractivity contribution in [1.29, 1.82) is 0 Å². The van der Waals surface area contributed by atoms with E-state index in [0.29, 0.717) is 11.4 Å². The van der Waals surface area contributed by atoms with Gasteiger partial charge in [-0.25, -0.2) is 9.37 Å². The standard InChI is InChI=1S/C19H15FN6O/c20-16-11-21-19(24-14-5-2-6-15(27)10-14)25-18(16)23-13-4-1-3-12(9-13)17-7-8-22-26-17/h1-11,27H,(H,22,26)(H2,21,23,24,25). The predicted octanol–water partition coefficient (Wildman–Crippen LogP) is 4.20. The van der Waals surface area contributed by atoms with Gasteiger partial charge in [0.25, 0.3) is 0 Å². The molecule has 0 radical (unpaired) electrons. The molecule has 0 aliphatic carbocycles. The minimum atomic E-state index is -0.580. The molecular formula is C19H15FN6O. The van der Waals surface area contributed by atoms with Gasteiger partial charge in [-0.05, 0) is 30.3 Å². The highest BCUT2D eigenvalue weighted by atomic mass is 19.1. The third-order valence-corrected chi connectivity index (χ3v) is 3.78. The van der Waals surface area contributed by atoms with Crippen molar-refractivity contribution in [3.8, 4) is 17.0 Å². The summed E-state index contributed by atoms with van der Waals surface area (Å²) in [5, 5.41) is 22.2. The van der Waals surface area contributed by atoms with Gasteiger partial charge in [-0.15, -0.1) is 0 Å². The summed E-state index contributed by atoms with van der Waals surface area (Å²) in [7, 11) is 0. The van der Waals surface area contributed by atoms with Crippen LogP contribution in [-0.2, 0) is 0 Å². The third kappa shape index (κ3) is 3.84. The Labute approximate surface area is 153 Å². The van der Waals surface area contributed by atoms with Crippen molar-refractivity contribution < 1.29 is 9.50 Å². The summed E-state index contributed by atoms with van der Waals surface area (Å²) >= 11 is 0. The average molecular weight is 362 g/mol. The Balaban J connectivity index is 1.58. The van der Waals surface area contributed by atoms with Gasteiger partial charge in [0.2, 0.25) is 5.95 Å². The molecule has 134 valence electrons. The second kappa shape index (κ2) is 7.12. The van der Waals surface area contributed by atoms with Gasteiger partial charge in [0, 0.05) is 29.2 Å². The normalized spacial score (nSPS) is 10.6. The van der Waals surface area contributed by atoms with Crippen molar-refractivity contribution >= 4 is 23.1 Å². The molecule has 0 unspecified atom stereocenters. The van der Waals surface area contributed by atoms with Gasteiger partial charge in [0.15, 0.2) is 11.6 Å². The molecule has 2 aromatic heterocycles. The summed E-state index contributed by atoms with van der Waals surface area (Å²) in [5.41, 5.74) is 3.02. The first-order valence-electron chi connectivity index (χ1n) is 8.13. The minimum Gasteiger partial charge on any atom is -0.508 e. The van der Waals surface area contributed by atoms with E-state index in [1.807, 2.05) is 30.3 Å². The summed E-state index contributed by atoms with van der Waals surface area (Å²) in [6.45, 7) is 0. The molecule has 2 heterocycles. The number of halogens is 1. The van der Waals surface area contributed by atoms with Crippen molar-refractivity contribution in [3.63, 3.8) is 0 Å². The number of aromatic hydroxyl groups is 1. The van der Waals surface area contributed by atoms with Crippen LogP contribution in [-0.4, -0.2) is 25.3 Å². The van der Waals surface area contributed by atoms with Crippen LogP contribution in [0.1, 0.15) is 0 Å². The van der Waals surface area contributed by atoms with Crippen LogP contribution in [0.15, 0.2) is 67.0 Å². The first-order valence-corrected chi connectivity index (χ1v) is 8.13. The molecule has 0 saturated carbocycles. The number of hydrogen-bond donors (Lipinski definition) is 4. The molecule has 8 heteroatoms. The lowest BCUT2D eigenvalue weighted by Crippen LogP contribution is -2.03. The van der Waals surface area contributed by atoms with Crippen LogP contribution in [0, 0.1) is 5.82 Å². The van der Waals surface area contributed by atoms with E-state index < -0.39 is 5.82 Å². The van der Waals surface area contributed by atoms with E-state index in [1.54, 1.807) is 24.4 Å². The first-order chi connectivity index (χ1) is 13.2. The molecule has 0 fully saturated rings. The number of nitrogens with zero attached hydrogens (tertiary/aromatic N) is 3. The largest absolute Gasteiger partial charge is 0.508 e. The third-order valence-electron chi connectivity index (χ3n) is 3.78. The Kier molecular flexibility index (Phi) is 4.36. The van der Waals surface area contributed by atoms with Gasteiger partial charge in [0.1, 0.15) is 5.75 Å². The van der Waals surface area contributed by atoms with E-state index in [9.17, 15) is 9.50 Å². The number of benzene rings is 2. The van der Waals surface area contributed by atoms with Gasteiger partial charge in [0.05, 0.1) is 11.9 Å². The van der Waals surface area contributed by atoms with Gasteiger partial charge in [-0.1, -0.05) is 18.2 Å². The lowest BCUT2D eigenvalue weighted by molar-refractivity contribution is 0.475. The van der Waals surface area contributed by atoms with Crippen LogP contribution in [0.4, 0.5) is 27.5 Å². The van der Waals surface area contributed by atoms with Gasteiger partial charge in [-0.3, -0.25) is 5.10 Å². The fourth-order valence-corrected chi connectivity index (χ4v) is 2.55. The second-order valence-corrected chi connectivity index (χ2v) is 5.74. The number of H-pyrrole nitrogens is 1. The smallest absolute Gasteiger partial charge is 0.229 e. The van der Waals surface area contributed by atoms with Crippen molar-refractivity contribution in [2.75, 3.05) is 10.6 Å². The molecule has 0 amide bonds. The fourth-order valence-electron chi connectivity index (χ4n) is 2.55. The van der Waals surface area contributed by atoms with Crippen molar-refractivity contribution in [3.05, 3.63) is 72.8 Å². The van der Waals surface area contributed by atoms with Crippen LogP contribution < -0.4 is 10.6 Å². The number of anilines is 4. The fraction of sp³-hybridized carbons (Fsp3) is 0. The van der Waals surface area contributed by atoms with E-state index >= 15 is 0 Å². The summed E-state index contributed by atoms with van der Waals surface area (Å²) in [4.78, 5) is 8.11. The topological polar surface area (TPSA) is 98.7 Å². The summed E-state index contributed by atoms with van der Waals surface area (Å²) in [5.74, 6) is -0.233. The maximum absolute atomic E-state index is 14.2. The van der Waals surface area contributed by atoms with Gasteiger partial charge in [-0.2, -0.15) is 10.1 Å². The molecule has 0 aliphatic heterocycles. The number of nitrogens with one attached hydrogen (secondary N) is 3. The van der Waals surface area contributed by atoms with Crippen LogP contribution in [0.2, 0.25) is 0 Å². The first kappa shape index (κ1) is 16.5. The predicted molar refractivity (Wildman–Crippen MR) is 101 cm³/mol. The van der Waals surface area contributed by atoms with Crippen molar-refractivity contribution in [2.24, 2.45) is 0 Å². The quantitative estimate of drug-likeness (QED) is 0.425. The highest BCUT2D eigenvalue weighted by Crippen LogP contribution is 2.25.